The van der Waals surface area contributed by atoms with Crippen LogP contribution < -0.4 is 16.4 Å². The van der Waals surface area contributed by atoms with Crippen LogP contribution in [-0.4, -0.2) is 39.3 Å². The number of piperidine rings is 2. The highest BCUT2D eigenvalue weighted by Gasteiger charge is 2.34. The molecule has 4 fully saturated rings. The van der Waals surface area contributed by atoms with Crippen molar-refractivity contribution in [3.8, 4) is 11.3 Å². The Morgan fingerprint density at radius 2 is 1.48 bits per heavy atom. The van der Waals surface area contributed by atoms with Crippen LogP contribution in [0.25, 0.3) is 22.3 Å². The number of fused-ring (bicyclic) bond motifs is 5. The summed E-state index contributed by atoms with van der Waals surface area (Å²) in [5.41, 5.74) is 0.397. The molecular formula is C38H54N4O4. The minimum atomic E-state index is -0.902. The largest absolute Gasteiger partial charge is 0.469 e. The Morgan fingerprint density at radius 1 is 0.870 bits per heavy atom. The van der Waals surface area contributed by atoms with E-state index >= 15 is 0 Å². The van der Waals surface area contributed by atoms with E-state index in [2.05, 4.69) is 10.3 Å². The summed E-state index contributed by atoms with van der Waals surface area (Å²) >= 11 is 0. The van der Waals surface area contributed by atoms with Crippen LogP contribution in [-0.2, 0) is 16.1 Å². The lowest BCUT2D eigenvalue weighted by Crippen LogP contribution is -2.50. The van der Waals surface area contributed by atoms with Gasteiger partial charge in [0.05, 0.1) is 29.1 Å². The number of ether oxygens (including phenoxy) is 1. The maximum Gasteiger partial charge on any atom is 0.313 e. The molecule has 0 radical (unpaired) electrons. The number of hydrogen-bond donors (Lipinski definition) is 1. The lowest BCUT2D eigenvalue weighted by atomic mass is 9.72. The molecule has 4 bridgehead atoms. The number of rotatable bonds is 5. The molecule has 1 aromatic carbocycles. The van der Waals surface area contributed by atoms with Gasteiger partial charge in [-0.05, 0) is 82.1 Å². The average molecular weight is 631 g/mol. The molecule has 2 aromatic heterocycles. The summed E-state index contributed by atoms with van der Waals surface area (Å²) in [6, 6.07) is 11.9. The molecule has 46 heavy (non-hydrogen) atoms. The third-order valence-corrected chi connectivity index (χ3v) is 10.5. The fourth-order valence-electron chi connectivity index (χ4n) is 8.37. The molecular weight excluding hydrogens is 576 g/mol. The summed E-state index contributed by atoms with van der Waals surface area (Å²) < 4.78 is 8.23. The number of carbonyl (C=O) groups excluding carboxylic acids is 1. The van der Waals surface area contributed by atoms with E-state index in [9.17, 15) is 14.4 Å². The number of nitrogens with one attached hydrogen (secondary N) is 1. The Hall–Kier alpha value is -3.26. The van der Waals surface area contributed by atoms with Crippen molar-refractivity contribution in [3.63, 3.8) is 0 Å². The van der Waals surface area contributed by atoms with E-state index in [1.807, 2.05) is 42.7 Å². The van der Waals surface area contributed by atoms with Gasteiger partial charge in [-0.25, -0.2) is 4.98 Å². The first-order valence-corrected chi connectivity index (χ1v) is 17.8. The first-order chi connectivity index (χ1) is 22.2. The molecule has 2 unspecified atom stereocenters. The van der Waals surface area contributed by atoms with Gasteiger partial charge in [0.2, 0.25) is 0 Å². The number of pyridine rings is 1. The highest BCUT2D eigenvalue weighted by atomic mass is 16.5. The quantitative estimate of drug-likeness (QED) is 0.298. The summed E-state index contributed by atoms with van der Waals surface area (Å²) in [5, 5.41) is 3.70. The Balaban J connectivity index is 0.000000320. The molecule has 0 amide bonds. The van der Waals surface area contributed by atoms with Gasteiger partial charge in [0, 0.05) is 30.9 Å². The van der Waals surface area contributed by atoms with E-state index in [1.54, 1.807) is 64.3 Å². The standard InChI is InChI=1S/C27H32N4O4.C9H16.C2H6/c1-27(2,26(34)35-3)16-30-13-7-10-20(24(30)32)23-25(33)31(22-12-5-4-11-21(22)29-23)19-14-17-8-6-9-18(15-19)28-17;1-3-8-5-2-6-9(4-1)7-8;1-2/h4-5,7,10-13,17-19,28H,6,8-9,14-16H2,1-3H3;8-9H,1-7H2;1-2H3. The molecule has 7 rings (SSSR count). The number of para-hydroxylation sites is 2. The lowest BCUT2D eigenvalue weighted by molar-refractivity contribution is -0.151. The van der Waals surface area contributed by atoms with Gasteiger partial charge in [0.1, 0.15) is 5.69 Å². The molecule has 2 aliphatic carbocycles. The Labute approximate surface area is 274 Å². The summed E-state index contributed by atoms with van der Waals surface area (Å²) in [6.07, 6.45) is 17.7. The van der Waals surface area contributed by atoms with Crippen LogP contribution in [0.4, 0.5) is 0 Å². The molecule has 0 spiro atoms. The molecule has 2 saturated carbocycles. The Morgan fingerprint density at radius 3 is 2.09 bits per heavy atom. The first kappa shape index (κ1) is 34.1. The van der Waals surface area contributed by atoms with E-state index in [0.29, 0.717) is 17.6 Å². The Kier molecular flexibility index (Phi) is 11.2. The SMILES string of the molecule is C1CC2CCCC(C1)C2.CC.COC(=O)C(C)(C)Cn1cccc(-c2nc3ccccc3n(C3CC4CCCC(C3)N4)c2=O)c1=O. The number of esters is 1. The normalized spacial score (nSPS) is 25.4. The van der Waals surface area contributed by atoms with Crippen molar-refractivity contribution in [2.24, 2.45) is 17.3 Å². The van der Waals surface area contributed by atoms with Gasteiger partial charge in [-0.3, -0.25) is 14.4 Å². The predicted molar refractivity (Wildman–Crippen MR) is 185 cm³/mol. The summed E-state index contributed by atoms with van der Waals surface area (Å²) in [4.78, 5) is 44.3. The molecule has 4 aliphatic rings. The number of nitrogens with zero attached hydrogens (tertiary/aromatic N) is 3. The molecule has 2 saturated heterocycles. The number of methoxy groups -OCH3 is 1. The molecule has 3 aromatic rings. The lowest BCUT2D eigenvalue weighted by Gasteiger charge is -2.41. The van der Waals surface area contributed by atoms with Crippen LogP contribution in [0.15, 0.2) is 52.2 Å². The topological polar surface area (TPSA) is 95.2 Å². The summed E-state index contributed by atoms with van der Waals surface area (Å²) in [6.45, 7) is 7.59. The van der Waals surface area contributed by atoms with E-state index in [0.717, 1.165) is 43.0 Å². The van der Waals surface area contributed by atoms with Crippen molar-refractivity contribution in [2.75, 3.05) is 7.11 Å². The van der Waals surface area contributed by atoms with Crippen molar-refractivity contribution in [3.05, 3.63) is 63.3 Å². The third kappa shape index (κ3) is 7.48. The van der Waals surface area contributed by atoms with Gasteiger partial charge in [0.15, 0.2) is 0 Å². The molecule has 250 valence electrons. The number of hydrogen-bond acceptors (Lipinski definition) is 6. The molecule has 8 nitrogen and oxygen atoms in total. The maximum atomic E-state index is 14.0. The van der Waals surface area contributed by atoms with Gasteiger partial charge >= 0.3 is 5.97 Å². The number of aromatic nitrogens is 3. The van der Waals surface area contributed by atoms with Crippen LogP contribution in [0, 0.1) is 17.3 Å². The summed E-state index contributed by atoms with van der Waals surface area (Å²) in [7, 11) is 1.33. The second-order valence-corrected chi connectivity index (χ2v) is 14.3. The molecule has 1 N–H and O–H groups in total. The van der Waals surface area contributed by atoms with E-state index in [4.69, 9.17) is 4.74 Å². The fraction of sp³-hybridized carbons (Fsp3) is 0.632. The van der Waals surface area contributed by atoms with Gasteiger partial charge < -0.3 is 19.2 Å². The number of carbonyl (C=O) groups is 1. The second kappa shape index (κ2) is 15.1. The smallest absolute Gasteiger partial charge is 0.313 e. The predicted octanol–water partition coefficient (Wildman–Crippen LogP) is 7.27. The van der Waals surface area contributed by atoms with E-state index in [1.165, 1.54) is 30.9 Å². The third-order valence-electron chi connectivity index (χ3n) is 10.5. The molecule has 8 heteroatoms. The van der Waals surface area contributed by atoms with Crippen molar-refractivity contribution in [2.45, 2.75) is 129 Å². The zero-order valence-corrected chi connectivity index (χ0v) is 28.6. The zero-order chi connectivity index (χ0) is 32.8. The highest BCUT2D eigenvalue weighted by molar-refractivity contribution is 5.78. The van der Waals surface area contributed by atoms with Crippen LogP contribution in [0.3, 0.4) is 0 Å². The van der Waals surface area contributed by atoms with Crippen LogP contribution in [0.2, 0.25) is 0 Å². The van der Waals surface area contributed by atoms with Gasteiger partial charge in [-0.2, -0.15) is 0 Å². The average Bonchev–Trinajstić information content (AvgIpc) is 3.06. The minimum Gasteiger partial charge on any atom is -0.469 e. The van der Waals surface area contributed by atoms with Crippen molar-refractivity contribution in [1.29, 1.82) is 0 Å². The second-order valence-electron chi connectivity index (χ2n) is 14.3. The highest BCUT2D eigenvalue weighted by Crippen LogP contribution is 2.39. The maximum absolute atomic E-state index is 14.0. The summed E-state index contributed by atoms with van der Waals surface area (Å²) in [5.74, 6) is 1.90. The minimum absolute atomic E-state index is 0.0508. The Bertz CT molecular complexity index is 1580. The molecule has 4 heterocycles. The van der Waals surface area contributed by atoms with Crippen molar-refractivity contribution < 1.29 is 9.53 Å². The molecule has 2 atom stereocenters. The van der Waals surface area contributed by atoms with Crippen molar-refractivity contribution >= 4 is 17.0 Å². The first-order valence-electron chi connectivity index (χ1n) is 17.8. The zero-order valence-electron chi connectivity index (χ0n) is 28.6. The van der Waals surface area contributed by atoms with E-state index < -0.39 is 11.4 Å². The van der Waals surface area contributed by atoms with Gasteiger partial charge in [-0.15, -0.1) is 0 Å². The van der Waals surface area contributed by atoms with E-state index in [-0.39, 0.29) is 35.0 Å². The fourth-order valence-corrected chi connectivity index (χ4v) is 8.37. The van der Waals surface area contributed by atoms with Crippen molar-refractivity contribution in [1.82, 2.24) is 19.4 Å². The van der Waals surface area contributed by atoms with Crippen LogP contribution >= 0.6 is 0 Å². The van der Waals surface area contributed by atoms with Crippen LogP contribution in [0.5, 0.6) is 0 Å². The van der Waals surface area contributed by atoms with Gasteiger partial charge in [0.25, 0.3) is 11.1 Å². The molecule has 2 aliphatic heterocycles. The van der Waals surface area contributed by atoms with Crippen LogP contribution in [0.1, 0.15) is 111 Å². The number of benzene rings is 1. The monoisotopic (exact) mass is 630 g/mol. The van der Waals surface area contributed by atoms with Gasteiger partial charge in [-0.1, -0.05) is 70.9 Å².